The highest BCUT2D eigenvalue weighted by molar-refractivity contribution is 5.78. The van der Waals surface area contributed by atoms with Crippen molar-refractivity contribution in [1.29, 1.82) is 0 Å². The summed E-state index contributed by atoms with van der Waals surface area (Å²) in [5.41, 5.74) is 0.806. The number of carbonyl (C=O) groups is 1. The average molecular weight is 488 g/mol. The van der Waals surface area contributed by atoms with Crippen molar-refractivity contribution in [2.24, 2.45) is 5.92 Å². The minimum Gasteiger partial charge on any atom is -0.493 e. The van der Waals surface area contributed by atoms with Gasteiger partial charge in [-0.2, -0.15) is 4.98 Å². The number of nitrogens with zero attached hydrogens (tertiary/aromatic N) is 4. The minimum atomic E-state index is 0.0821. The van der Waals surface area contributed by atoms with Gasteiger partial charge in [0.2, 0.25) is 17.6 Å². The van der Waals surface area contributed by atoms with Gasteiger partial charge in [-0.15, -0.1) is 0 Å². The second-order valence-electron chi connectivity index (χ2n) is 9.06. The summed E-state index contributed by atoms with van der Waals surface area (Å²) in [4.78, 5) is 21.9. The molecule has 2 heterocycles. The van der Waals surface area contributed by atoms with Crippen molar-refractivity contribution in [2.45, 2.75) is 52.5 Å². The van der Waals surface area contributed by atoms with Crippen molar-refractivity contribution >= 4 is 5.91 Å². The van der Waals surface area contributed by atoms with Gasteiger partial charge in [0.1, 0.15) is 0 Å². The highest BCUT2D eigenvalue weighted by Crippen LogP contribution is 2.31. The van der Waals surface area contributed by atoms with Crippen molar-refractivity contribution in [3.63, 3.8) is 0 Å². The molecule has 0 saturated carbocycles. The van der Waals surface area contributed by atoms with Crippen molar-refractivity contribution in [1.82, 2.24) is 25.3 Å². The highest BCUT2D eigenvalue weighted by Gasteiger charge is 2.26. The number of rotatable bonds is 14. The number of aromatic nitrogens is 2. The Labute approximate surface area is 209 Å². The Morgan fingerprint density at radius 3 is 2.57 bits per heavy atom. The molecule has 1 N–H and O–H groups in total. The quantitative estimate of drug-likeness (QED) is 0.404. The van der Waals surface area contributed by atoms with Crippen molar-refractivity contribution in [2.75, 3.05) is 53.5 Å². The number of carbonyl (C=O) groups excluding carboxylic acids is 1. The van der Waals surface area contributed by atoms with Gasteiger partial charge in [0.05, 0.1) is 20.8 Å². The molecule has 0 aliphatic carbocycles. The van der Waals surface area contributed by atoms with Gasteiger partial charge in [-0.3, -0.25) is 9.69 Å². The average Bonchev–Trinajstić information content (AvgIpc) is 3.36. The molecule has 9 nitrogen and oxygen atoms in total. The van der Waals surface area contributed by atoms with Gasteiger partial charge in [0.15, 0.2) is 11.5 Å². The number of likely N-dealkylation sites (tertiary alicyclic amines) is 1. The number of unbranched alkanes of at least 4 members (excludes halogenated alkanes) is 1. The lowest BCUT2D eigenvalue weighted by molar-refractivity contribution is -0.126. The van der Waals surface area contributed by atoms with E-state index < -0.39 is 0 Å². The smallest absolute Gasteiger partial charge is 0.241 e. The van der Waals surface area contributed by atoms with Crippen LogP contribution in [-0.2, 0) is 11.3 Å². The summed E-state index contributed by atoms with van der Waals surface area (Å²) in [6.45, 7) is 10.7. The Bertz CT molecular complexity index is 911. The molecule has 1 aliphatic heterocycles. The summed E-state index contributed by atoms with van der Waals surface area (Å²) in [5.74, 6) is 2.64. The number of hydrogen-bond donors (Lipinski definition) is 1. The SMILES string of the molecule is CCCCN(CC)CCCNC(=O)C1CCN(Cc2nc(-c3ccc(OC)c(OC)c3)no2)CC1. The predicted molar refractivity (Wildman–Crippen MR) is 135 cm³/mol. The van der Waals surface area contributed by atoms with E-state index in [2.05, 4.69) is 39.1 Å². The fourth-order valence-electron chi connectivity index (χ4n) is 4.42. The summed E-state index contributed by atoms with van der Waals surface area (Å²) in [7, 11) is 3.20. The first-order chi connectivity index (χ1) is 17.1. The van der Waals surface area contributed by atoms with E-state index >= 15 is 0 Å². The normalized spacial score (nSPS) is 14.9. The monoisotopic (exact) mass is 487 g/mol. The van der Waals surface area contributed by atoms with Crippen LogP contribution in [0.15, 0.2) is 22.7 Å². The first-order valence-corrected chi connectivity index (χ1v) is 12.8. The third kappa shape index (κ3) is 7.93. The van der Waals surface area contributed by atoms with E-state index in [-0.39, 0.29) is 11.8 Å². The van der Waals surface area contributed by atoms with Crippen LogP contribution in [0.25, 0.3) is 11.4 Å². The van der Waals surface area contributed by atoms with Crippen molar-refractivity contribution in [3.8, 4) is 22.9 Å². The van der Waals surface area contributed by atoms with Crippen LogP contribution < -0.4 is 14.8 Å². The molecule has 1 aromatic heterocycles. The van der Waals surface area contributed by atoms with Gasteiger partial charge in [0.25, 0.3) is 0 Å². The van der Waals surface area contributed by atoms with Crippen molar-refractivity contribution < 1.29 is 18.8 Å². The summed E-state index contributed by atoms with van der Waals surface area (Å²) in [6, 6.07) is 5.54. The largest absolute Gasteiger partial charge is 0.493 e. The Hall–Kier alpha value is -2.65. The molecule has 1 fully saturated rings. The highest BCUT2D eigenvalue weighted by atomic mass is 16.5. The van der Waals surface area contributed by atoms with Crippen LogP contribution >= 0.6 is 0 Å². The van der Waals surface area contributed by atoms with Crippen LogP contribution in [0.1, 0.15) is 51.8 Å². The maximum atomic E-state index is 12.6. The molecule has 0 atom stereocenters. The molecule has 2 aromatic rings. The first-order valence-electron chi connectivity index (χ1n) is 12.8. The van der Waals surface area contributed by atoms with Crippen LogP contribution in [0.2, 0.25) is 0 Å². The Balaban J connectivity index is 1.40. The lowest BCUT2D eigenvalue weighted by atomic mass is 9.96. The van der Waals surface area contributed by atoms with E-state index in [1.165, 1.54) is 12.8 Å². The Morgan fingerprint density at radius 1 is 1.14 bits per heavy atom. The van der Waals surface area contributed by atoms with E-state index in [1.54, 1.807) is 14.2 Å². The summed E-state index contributed by atoms with van der Waals surface area (Å²) >= 11 is 0. The first kappa shape index (κ1) is 26.9. The number of nitrogens with one attached hydrogen (secondary N) is 1. The molecule has 9 heteroatoms. The third-order valence-corrected chi connectivity index (χ3v) is 6.65. The third-order valence-electron chi connectivity index (χ3n) is 6.65. The molecule has 1 aliphatic rings. The molecular formula is C26H41N5O4. The molecule has 3 rings (SSSR count). The summed E-state index contributed by atoms with van der Waals surface area (Å²) in [5, 5.41) is 7.27. The number of methoxy groups -OCH3 is 2. The van der Waals surface area contributed by atoms with E-state index in [4.69, 9.17) is 14.0 Å². The van der Waals surface area contributed by atoms with E-state index in [0.717, 1.165) is 64.1 Å². The Kier molecular flexibility index (Phi) is 10.8. The van der Waals surface area contributed by atoms with Crippen LogP contribution in [0.5, 0.6) is 11.5 Å². The van der Waals surface area contributed by atoms with Gasteiger partial charge in [-0.05, 0) is 76.6 Å². The topological polar surface area (TPSA) is 93.0 Å². The van der Waals surface area contributed by atoms with Crippen LogP contribution in [0.3, 0.4) is 0 Å². The molecule has 0 bridgehead atoms. The molecule has 1 saturated heterocycles. The number of hydrogen-bond acceptors (Lipinski definition) is 8. The van der Waals surface area contributed by atoms with Gasteiger partial charge < -0.3 is 24.2 Å². The van der Waals surface area contributed by atoms with Crippen LogP contribution in [0, 0.1) is 5.92 Å². The lowest BCUT2D eigenvalue weighted by Crippen LogP contribution is -2.41. The number of ether oxygens (including phenoxy) is 2. The van der Waals surface area contributed by atoms with Crippen molar-refractivity contribution in [3.05, 3.63) is 24.1 Å². The standard InChI is InChI=1S/C26H41N5O4/c1-5-7-14-30(6-2)15-8-13-27-26(32)20-11-16-31(17-12-20)19-24-28-25(29-35-24)21-9-10-22(33-3)23(18-21)34-4/h9-10,18,20H,5-8,11-17,19H2,1-4H3,(H,27,32). The fourth-order valence-corrected chi connectivity index (χ4v) is 4.42. The van der Waals surface area contributed by atoms with E-state index in [9.17, 15) is 4.79 Å². The maximum Gasteiger partial charge on any atom is 0.241 e. The number of benzene rings is 1. The fraction of sp³-hybridized carbons (Fsp3) is 0.654. The zero-order chi connectivity index (χ0) is 25.0. The molecular weight excluding hydrogens is 446 g/mol. The number of amides is 1. The molecule has 1 amide bonds. The van der Waals surface area contributed by atoms with Gasteiger partial charge >= 0.3 is 0 Å². The Morgan fingerprint density at radius 2 is 1.89 bits per heavy atom. The number of piperidine rings is 1. The molecule has 35 heavy (non-hydrogen) atoms. The lowest BCUT2D eigenvalue weighted by Gasteiger charge is -2.30. The molecule has 194 valence electrons. The van der Waals surface area contributed by atoms with Gasteiger partial charge in [-0.25, -0.2) is 0 Å². The molecule has 1 aromatic carbocycles. The van der Waals surface area contributed by atoms with Crippen LogP contribution in [-0.4, -0.2) is 79.3 Å². The maximum absolute atomic E-state index is 12.6. The molecule has 0 spiro atoms. The predicted octanol–water partition coefficient (Wildman–Crippen LogP) is 3.59. The molecule has 0 unspecified atom stereocenters. The second kappa shape index (κ2) is 14.0. The summed E-state index contributed by atoms with van der Waals surface area (Å²) < 4.78 is 16.1. The van der Waals surface area contributed by atoms with Crippen LogP contribution in [0.4, 0.5) is 0 Å². The minimum absolute atomic E-state index is 0.0821. The van der Waals surface area contributed by atoms with Gasteiger partial charge in [-0.1, -0.05) is 25.4 Å². The summed E-state index contributed by atoms with van der Waals surface area (Å²) in [6.07, 6.45) is 5.15. The zero-order valence-electron chi connectivity index (χ0n) is 21.7. The van der Waals surface area contributed by atoms with E-state index in [1.807, 2.05) is 18.2 Å². The second-order valence-corrected chi connectivity index (χ2v) is 9.06. The molecule has 0 radical (unpaired) electrons. The zero-order valence-corrected chi connectivity index (χ0v) is 21.7. The van der Waals surface area contributed by atoms with E-state index in [0.29, 0.717) is 29.8 Å². The van der Waals surface area contributed by atoms with Gasteiger partial charge in [0, 0.05) is 18.0 Å².